The Morgan fingerprint density at radius 2 is 1.52 bits per heavy atom. The maximum atomic E-state index is 13.3. The predicted octanol–water partition coefficient (Wildman–Crippen LogP) is 6.25. The van der Waals surface area contributed by atoms with E-state index < -0.39 is 52.0 Å². The van der Waals surface area contributed by atoms with Crippen LogP contribution in [0.15, 0.2) is 29.2 Å². The summed E-state index contributed by atoms with van der Waals surface area (Å²) in [7, 11) is -3.00. The highest BCUT2D eigenvalue weighted by atomic mass is 32.2. The number of ether oxygens (including phenoxy) is 6. The van der Waals surface area contributed by atoms with Crippen molar-refractivity contribution in [2.24, 2.45) is 0 Å². The minimum absolute atomic E-state index is 0.00307. The van der Waals surface area contributed by atoms with Crippen LogP contribution in [0.2, 0.25) is 0 Å². The molecule has 13 heteroatoms. The average molecular weight is 725 g/mol. The summed E-state index contributed by atoms with van der Waals surface area (Å²) in [4.78, 5) is 27.0. The summed E-state index contributed by atoms with van der Waals surface area (Å²) in [6.45, 7) is 8.66. The lowest BCUT2D eigenvalue weighted by atomic mass is 10.0. The quantitative estimate of drug-likeness (QED) is 0.121. The zero-order valence-electron chi connectivity index (χ0n) is 30.6. The molecule has 3 fully saturated rings. The van der Waals surface area contributed by atoms with E-state index in [0.29, 0.717) is 18.7 Å². The van der Waals surface area contributed by atoms with Crippen LogP contribution in [0.3, 0.4) is 0 Å². The fourth-order valence-electron chi connectivity index (χ4n) is 7.07. The van der Waals surface area contributed by atoms with E-state index in [0.717, 1.165) is 51.6 Å². The van der Waals surface area contributed by atoms with Gasteiger partial charge in [0.15, 0.2) is 18.0 Å². The Balaban J connectivity index is 1.38. The number of fused-ring (bicyclic) bond motifs is 1. The van der Waals surface area contributed by atoms with Gasteiger partial charge in [0.1, 0.15) is 12.7 Å². The molecule has 0 spiro atoms. The van der Waals surface area contributed by atoms with Crippen LogP contribution < -0.4 is 4.72 Å². The topological polar surface area (TPSA) is 139 Å². The number of benzene rings is 1. The van der Waals surface area contributed by atoms with Crippen LogP contribution in [0.4, 0.5) is 4.79 Å². The number of esters is 1. The van der Waals surface area contributed by atoms with Gasteiger partial charge < -0.3 is 33.3 Å². The number of hydrogen-bond donors (Lipinski definition) is 1. The van der Waals surface area contributed by atoms with Gasteiger partial charge in [-0.1, -0.05) is 89.7 Å². The summed E-state index contributed by atoms with van der Waals surface area (Å²) in [5.41, 5.74) is 0.575. The number of hydrogen-bond acceptors (Lipinski definition) is 11. The predicted molar refractivity (Wildman–Crippen MR) is 188 cm³/mol. The maximum absolute atomic E-state index is 13.3. The van der Waals surface area contributed by atoms with Gasteiger partial charge in [0, 0.05) is 13.2 Å². The molecular weight excluding hydrogens is 664 g/mol. The fourth-order valence-corrected chi connectivity index (χ4v) is 7.95. The molecule has 1 amide bonds. The second-order valence-corrected chi connectivity index (χ2v) is 16.0. The van der Waals surface area contributed by atoms with Gasteiger partial charge in [-0.3, -0.25) is 4.79 Å². The summed E-state index contributed by atoms with van der Waals surface area (Å²) < 4.78 is 64.4. The number of carbonyl (C=O) groups is 2. The molecule has 1 aromatic carbocycles. The third kappa shape index (κ3) is 12.2. The lowest BCUT2D eigenvalue weighted by molar-refractivity contribution is -0.279. The summed E-state index contributed by atoms with van der Waals surface area (Å²) in [5, 5.41) is 0. The number of methoxy groups -OCH3 is 1. The van der Waals surface area contributed by atoms with Crippen molar-refractivity contribution in [1.82, 2.24) is 9.62 Å². The third-order valence-corrected chi connectivity index (χ3v) is 11.0. The first-order chi connectivity index (χ1) is 24.0. The average Bonchev–Trinajstić information content (AvgIpc) is 3.31. The Kier molecular flexibility index (Phi) is 15.8. The highest BCUT2D eigenvalue weighted by Gasteiger charge is 2.66. The minimum atomic E-state index is -4.29. The Labute approximate surface area is 299 Å². The molecule has 3 heterocycles. The molecule has 1 N–H and O–H groups in total. The number of rotatable bonds is 20. The number of unbranched alkanes of at least 4 members (excludes halogenated alkanes) is 9. The van der Waals surface area contributed by atoms with Crippen LogP contribution in [0, 0.1) is 0 Å². The Hall–Kier alpha value is -2.29. The normalized spacial score (nSPS) is 25.2. The number of amides is 1. The molecule has 0 aromatic heterocycles. The molecule has 3 aliphatic rings. The van der Waals surface area contributed by atoms with Crippen molar-refractivity contribution >= 4 is 22.1 Å². The fraction of sp³-hybridized carbons (Fsp3) is 0.784. The Morgan fingerprint density at radius 1 is 0.900 bits per heavy atom. The molecule has 4 rings (SSSR count). The summed E-state index contributed by atoms with van der Waals surface area (Å²) in [6, 6.07) is 5.63. The number of carbonyl (C=O) groups excluding carboxylic acids is 2. The smallest absolute Gasteiger partial charge is 0.421 e. The molecule has 4 atom stereocenters. The number of nitrogens with zero attached hydrogens (tertiary/aromatic N) is 1. The van der Waals surface area contributed by atoms with Crippen molar-refractivity contribution < 1.29 is 46.4 Å². The van der Waals surface area contributed by atoms with E-state index in [1.165, 1.54) is 82.7 Å². The van der Waals surface area contributed by atoms with Gasteiger partial charge in [0.2, 0.25) is 5.79 Å². The van der Waals surface area contributed by atoms with Crippen molar-refractivity contribution in [3.63, 3.8) is 0 Å². The van der Waals surface area contributed by atoms with Gasteiger partial charge in [0.05, 0.1) is 18.4 Å². The van der Waals surface area contributed by atoms with E-state index in [9.17, 15) is 18.0 Å². The van der Waals surface area contributed by atoms with Crippen molar-refractivity contribution in [3.8, 4) is 0 Å². The molecule has 284 valence electrons. The van der Waals surface area contributed by atoms with Gasteiger partial charge in [-0.05, 0) is 63.9 Å². The zero-order chi connectivity index (χ0) is 36.0. The van der Waals surface area contributed by atoms with E-state index in [4.69, 9.17) is 23.7 Å². The second-order valence-electron chi connectivity index (χ2n) is 14.3. The SMILES string of the molecule is CCCCCCCCCCCCOC[C@@]12O[C@@H](CN3CCCCCC3)[C@@H](OC(=O)NS(=O)(=O)c3ccc(CC(=O)OC)cc3)[C@@H]1OC(C)(C)O2. The van der Waals surface area contributed by atoms with Gasteiger partial charge in [-0.15, -0.1) is 0 Å². The molecular formula is C37H60N2O10S. The zero-order valence-corrected chi connectivity index (χ0v) is 31.4. The molecule has 0 unspecified atom stereocenters. The molecule has 12 nitrogen and oxygen atoms in total. The van der Waals surface area contributed by atoms with Crippen LogP contribution in [0.1, 0.15) is 116 Å². The summed E-state index contributed by atoms with van der Waals surface area (Å²) in [5.74, 6) is -2.82. The highest BCUT2D eigenvalue weighted by molar-refractivity contribution is 7.90. The van der Waals surface area contributed by atoms with Crippen LogP contribution in [0.5, 0.6) is 0 Å². The van der Waals surface area contributed by atoms with Crippen LogP contribution >= 0.6 is 0 Å². The van der Waals surface area contributed by atoms with E-state index >= 15 is 0 Å². The van der Waals surface area contributed by atoms with Gasteiger partial charge in [-0.25, -0.2) is 17.9 Å². The van der Waals surface area contributed by atoms with Crippen LogP contribution in [0.25, 0.3) is 0 Å². The molecule has 50 heavy (non-hydrogen) atoms. The highest BCUT2D eigenvalue weighted by Crippen LogP contribution is 2.47. The van der Waals surface area contributed by atoms with Crippen molar-refractivity contribution in [2.75, 3.05) is 40.0 Å². The minimum Gasteiger partial charge on any atom is -0.469 e. The number of sulfonamides is 1. The molecule has 0 aliphatic carbocycles. The second kappa shape index (κ2) is 19.5. The van der Waals surface area contributed by atoms with Gasteiger partial charge in [-0.2, -0.15) is 0 Å². The summed E-state index contributed by atoms with van der Waals surface area (Å²) >= 11 is 0. The van der Waals surface area contributed by atoms with E-state index in [1.54, 1.807) is 13.8 Å². The van der Waals surface area contributed by atoms with E-state index in [-0.39, 0.29) is 17.9 Å². The van der Waals surface area contributed by atoms with Crippen molar-refractivity contribution in [1.29, 1.82) is 0 Å². The number of likely N-dealkylation sites (tertiary alicyclic amines) is 1. The largest absolute Gasteiger partial charge is 0.469 e. The molecule has 1 aromatic rings. The van der Waals surface area contributed by atoms with E-state index in [1.807, 2.05) is 4.72 Å². The molecule has 3 saturated heterocycles. The number of nitrogens with one attached hydrogen (secondary N) is 1. The molecule has 0 bridgehead atoms. The summed E-state index contributed by atoms with van der Waals surface area (Å²) in [6.07, 6.45) is 13.1. The Morgan fingerprint density at radius 3 is 2.14 bits per heavy atom. The van der Waals surface area contributed by atoms with Gasteiger partial charge in [0.25, 0.3) is 10.0 Å². The standard InChI is InChI=1S/C37H60N2O10S/c1-5-6-7-8-9-10-11-12-15-18-25-45-28-37-34(48-36(2,3)49-37)33(31(47-37)27-39-23-16-13-14-17-24-39)46-35(41)38-50(42,43)30-21-19-29(20-22-30)26-32(40)44-4/h19-22,31,33-34H,5-18,23-28H2,1-4H3,(H,38,41)/t31-,33+,34-,37-/m0/s1. The maximum Gasteiger partial charge on any atom is 0.421 e. The lowest BCUT2D eigenvalue weighted by Gasteiger charge is -2.31. The van der Waals surface area contributed by atoms with E-state index in [2.05, 4.69) is 16.6 Å². The first-order valence-electron chi connectivity index (χ1n) is 18.7. The molecule has 0 radical (unpaired) electrons. The first-order valence-corrected chi connectivity index (χ1v) is 20.2. The molecule has 3 aliphatic heterocycles. The lowest BCUT2D eigenvalue weighted by Crippen LogP contribution is -2.47. The first kappa shape index (κ1) is 40.5. The van der Waals surface area contributed by atoms with Crippen LogP contribution in [-0.4, -0.2) is 95.2 Å². The van der Waals surface area contributed by atoms with Gasteiger partial charge >= 0.3 is 12.1 Å². The monoisotopic (exact) mass is 724 g/mol. The van der Waals surface area contributed by atoms with Crippen molar-refractivity contribution in [3.05, 3.63) is 29.8 Å². The van der Waals surface area contributed by atoms with Crippen molar-refractivity contribution in [2.45, 2.75) is 152 Å². The Bertz CT molecular complexity index is 1300. The molecule has 0 saturated carbocycles. The third-order valence-electron chi connectivity index (χ3n) is 9.63. The van der Waals surface area contributed by atoms with Crippen LogP contribution in [-0.2, 0) is 49.7 Å².